The van der Waals surface area contributed by atoms with Gasteiger partial charge in [0.15, 0.2) is 6.29 Å². The largest absolute Gasteiger partial charge is 0.373 e. The zero-order valence-electron chi connectivity index (χ0n) is 51.0. The lowest BCUT2D eigenvalue weighted by molar-refractivity contribution is -0.210. The van der Waals surface area contributed by atoms with Gasteiger partial charge in [0.05, 0.1) is 0 Å². The first-order valence-electron chi connectivity index (χ1n) is 33.3. The SMILES string of the molecule is CCCCC/C=C\C/C=C\CCCCCCCCOC(CCCCCC/C=C\C/C=C\CCCCC)C(OCCCCCCCC/C=C\C/C=C\CCCCC)OCCCCCCCC/C=C\C/C=C\CCCCC. The topological polar surface area (TPSA) is 27.7 Å². The van der Waals surface area contributed by atoms with Crippen molar-refractivity contribution in [1.82, 2.24) is 0 Å². The van der Waals surface area contributed by atoms with Crippen molar-refractivity contribution in [3.8, 4) is 0 Å². The van der Waals surface area contributed by atoms with Gasteiger partial charge in [0.25, 0.3) is 0 Å². The highest BCUT2D eigenvalue weighted by Crippen LogP contribution is 2.20. The van der Waals surface area contributed by atoms with Crippen molar-refractivity contribution in [3.05, 3.63) is 97.2 Å². The molecule has 0 saturated heterocycles. The second-order valence-corrected chi connectivity index (χ2v) is 21.9. The van der Waals surface area contributed by atoms with Gasteiger partial charge in [-0.25, -0.2) is 0 Å². The average Bonchev–Trinajstić information content (AvgIpc) is 3.42. The molecule has 0 aromatic rings. The molecule has 0 bridgehead atoms. The molecule has 1 unspecified atom stereocenters. The van der Waals surface area contributed by atoms with Gasteiger partial charge < -0.3 is 14.2 Å². The van der Waals surface area contributed by atoms with E-state index in [9.17, 15) is 0 Å². The molecule has 0 spiro atoms. The maximum Gasteiger partial charge on any atom is 0.183 e. The second-order valence-electron chi connectivity index (χ2n) is 21.9. The van der Waals surface area contributed by atoms with Crippen LogP contribution in [0.25, 0.3) is 0 Å². The summed E-state index contributed by atoms with van der Waals surface area (Å²) in [6.45, 7) is 11.5. The van der Waals surface area contributed by atoms with Crippen LogP contribution in [0, 0.1) is 0 Å². The van der Waals surface area contributed by atoms with E-state index in [1.165, 1.54) is 250 Å². The Kier molecular flexibility index (Phi) is 65.9. The molecule has 0 aromatic heterocycles. The third-order valence-electron chi connectivity index (χ3n) is 14.4. The van der Waals surface area contributed by atoms with Crippen molar-refractivity contribution < 1.29 is 14.2 Å². The highest BCUT2D eigenvalue weighted by molar-refractivity contribution is 4.95. The van der Waals surface area contributed by atoms with E-state index in [0.29, 0.717) is 0 Å². The van der Waals surface area contributed by atoms with E-state index in [-0.39, 0.29) is 12.4 Å². The predicted molar refractivity (Wildman–Crippen MR) is 338 cm³/mol. The zero-order valence-corrected chi connectivity index (χ0v) is 51.0. The van der Waals surface area contributed by atoms with E-state index >= 15 is 0 Å². The summed E-state index contributed by atoms with van der Waals surface area (Å²) in [7, 11) is 0. The highest BCUT2D eigenvalue weighted by atomic mass is 16.7. The molecule has 0 aliphatic heterocycles. The molecule has 0 N–H and O–H groups in total. The average molecular weight is 1040 g/mol. The molecule has 0 rings (SSSR count). The van der Waals surface area contributed by atoms with Crippen LogP contribution in [-0.4, -0.2) is 32.2 Å². The first kappa shape index (κ1) is 72.8. The molecule has 0 aliphatic carbocycles. The third-order valence-corrected chi connectivity index (χ3v) is 14.4. The summed E-state index contributed by atoms with van der Waals surface area (Å²) >= 11 is 0. The van der Waals surface area contributed by atoms with Crippen LogP contribution >= 0.6 is 0 Å². The normalized spacial score (nSPS) is 13.1. The molecule has 0 radical (unpaired) electrons. The molecule has 436 valence electrons. The Morgan fingerprint density at radius 1 is 0.213 bits per heavy atom. The van der Waals surface area contributed by atoms with Gasteiger partial charge in [0.2, 0.25) is 0 Å². The monoisotopic (exact) mass is 1040 g/mol. The lowest BCUT2D eigenvalue weighted by atomic mass is 10.1. The molecule has 1 atom stereocenters. The molecule has 3 heteroatoms. The number of unbranched alkanes of at least 4 members (excludes halogenated alkanes) is 34. The van der Waals surface area contributed by atoms with Crippen LogP contribution in [0.15, 0.2) is 97.2 Å². The maximum absolute atomic E-state index is 6.80. The number of hydrogen-bond donors (Lipinski definition) is 0. The summed E-state index contributed by atoms with van der Waals surface area (Å²) in [5.41, 5.74) is 0. The van der Waals surface area contributed by atoms with E-state index in [4.69, 9.17) is 14.2 Å². The zero-order chi connectivity index (χ0) is 53.9. The molecule has 0 heterocycles. The minimum Gasteiger partial charge on any atom is -0.373 e. The van der Waals surface area contributed by atoms with Crippen LogP contribution in [0.5, 0.6) is 0 Å². The lowest BCUT2D eigenvalue weighted by Gasteiger charge is -2.28. The van der Waals surface area contributed by atoms with Crippen molar-refractivity contribution in [2.45, 2.75) is 342 Å². The summed E-state index contributed by atoms with van der Waals surface area (Å²) in [5.74, 6) is 0. The lowest BCUT2D eigenvalue weighted by Crippen LogP contribution is -2.35. The van der Waals surface area contributed by atoms with Crippen LogP contribution < -0.4 is 0 Å². The fourth-order valence-corrected chi connectivity index (χ4v) is 9.45. The van der Waals surface area contributed by atoms with E-state index in [2.05, 4.69) is 125 Å². The molecule has 0 amide bonds. The van der Waals surface area contributed by atoms with Gasteiger partial charge in [0, 0.05) is 19.8 Å². The molecule has 0 aliphatic rings. The van der Waals surface area contributed by atoms with Gasteiger partial charge in [-0.2, -0.15) is 0 Å². The van der Waals surface area contributed by atoms with Crippen molar-refractivity contribution in [2.75, 3.05) is 19.8 Å². The predicted octanol–water partition coefficient (Wildman–Crippen LogP) is 24.6. The summed E-state index contributed by atoms with van der Waals surface area (Å²) in [5, 5.41) is 0. The van der Waals surface area contributed by atoms with Crippen LogP contribution in [0.3, 0.4) is 0 Å². The number of allylic oxidation sites excluding steroid dienone is 16. The summed E-state index contributed by atoms with van der Waals surface area (Å²) < 4.78 is 20.2. The van der Waals surface area contributed by atoms with Gasteiger partial charge in [-0.15, -0.1) is 0 Å². The molecule has 0 saturated carbocycles. The van der Waals surface area contributed by atoms with E-state index in [0.717, 1.165) is 71.2 Å². The Morgan fingerprint density at radius 3 is 0.693 bits per heavy atom. The Hall–Kier alpha value is -2.20. The molecule has 0 aromatic carbocycles. The molecule has 75 heavy (non-hydrogen) atoms. The minimum absolute atomic E-state index is 0.0150. The fourth-order valence-electron chi connectivity index (χ4n) is 9.45. The van der Waals surface area contributed by atoms with Crippen LogP contribution in [0.2, 0.25) is 0 Å². The van der Waals surface area contributed by atoms with Crippen molar-refractivity contribution >= 4 is 0 Å². The summed E-state index contributed by atoms with van der Waals surface area (Å²) in [6, 6.07) is 0. The summed E-state index contributed by atoms with van der Waals surface area (Å²) in [4.78, 5) is 0. The Morgan fingerprint density at radius 2 is 0.427 bits per heavy atom. The van der Waals surface area contributed by atoms with E-state index in [1.54, 1.807) is 0 Å². The van der Waals surface area contributed by atoms with Crippen molar-refractivity contribution in [3.63, 3.8) is 0 Å². The van der Waals surface area contributed by atoms with E-state index in [1.807, 2.05) is 0 Å². The minimum atomic E-state index is -0.261. The number of ether oxygens (including phenoxy) is 3. The number of rotatable bonds is 62. The van der Waals surface area contributed by atoms with Crippen molar-refractivity contribution in [1.29, 1.82) is 0 Å². The van der Waals surface area contributed by atoms with Gasteiger partial charge in [-0.05, 0) is 154 Å². The van der Waals surface area contributed by atoms with Gasteiger partial charge in [-0.3, -0.25) is 0 Å². The molecule has 3 nitrogen and oxygen atoms in total. The third kappa shape index (κ3) is 62.5. The molecule has 0 fully saturated rings. The smallest absolute Gasteiger partial charge is 0.183 e. The maximum atomic E-state index is 6.80. The van der Waals surface area contributed by atoms with Gasteiger partial charge in [0.1, 0.15) is 6.10 Å². The first-order chi connectivity index (χ1) is 37.3. The Balaban J connectivity index is 5.11. The highest BCUT2D eigenvalue weighted by Gasteiger charge is 2.24. The molecular weight excluding hydrogens is 913 g/mol. The van der Waals surface area contributed by atoms with Gasteiger partial charge in [-0.1, -0.05) is 273 Å². The Bertz CT molecular complexity index is 1250. The number of hydrogen-bond acceptors (Lipinski definition) is 3. The molecular formula is C72H130O3. The van der Waals surface area contributed by atoms with Crippen LogP contribution in [-0.2, 0) is 14.2 Å². The summed E-state index contributed by atoms with van der Waals surface area (Å²) in [6.07, 6.45) is 96.5. The van der Waals surface area contributed by atoms with E-state index < -0.39 is 0 Å². The second kappa shape index (κ2) is 67.9. The quantitative estimate of drug-likeness (QED) is 0.0345. The van der Waals surface area contributed by atoms with Gasteiger partial charge >= 0.3 is 0 Å². The van der Waals surface area contributed by atoms with Crippen molar-refractivity contribution in [2.24, 2.45) is 0 Å². The standard InChI is InChI=1S/C72H130O3/c1-5-9-13-17-21-25-29-33-37-40-44-48-52-56-60-64-68-73-71(67-63-59-55-51-47-43-36-32-28-24-20-16-12-8-4)72(74-69-65-61-57-53-49-45-41-38-34-30-26-22-18-14-10-6-2)75-70-66-62-58-54-50-46-42-39-35-31-27-23-19-15-11-7-3/h21-28,33-39,43,71-72H,5-20,29-32,40-42,44-70H2,1-4H3/b25-21-,26-22-,27-23-,28-24-,37-33-,38-34-,39-35-,43-36-. The first-order valence-corrected chi connectivity index (χ1v) is 33.3. The fraction of sp³-hybridized carbons (Fsp3) is 0.778. The van der Waals surface area contributed by atoms with Crippen LogP contribution in [0.1, 0.15) is 329 Å². The Labute approximate surface area is 470 Å². The van der Waals surface area contributed by atoms with Crippen LogP contribution in [0.4, 0.5) is 0 Å².